The summed E-state index contributed by atoms with van der Waals surface area (Å²) < 4.78 is 0. The Kier molecular flexibility index (Phi) is 4.73. The highest BCUT2D eigenvalue weighted by atomic mass is 16.4. The molecule has 2 aromatic rings. The van der Waals surface area contributed by atoms with Gasteiger partial charge in [0.1, 0.15) is 5.82 Å². The number of aromatic carboxylic acids is 1. The number of fused-ring (bicyclic) bond motifs is 1. The topological polar surface area (TPSA) is 83.0 Å². The lowest BCUT2D eigenvalue weighted by molar-refractivity contribution is 0.0697. The molecule has 21 heavy (non-hydrogen) atoms. The number of aromatic nitrogens is 2. The van der Waals surface area contributed by atoms with Crippen LogP contribution in [0.2, 0.25) is 0 Å². The molecule has 0 radical (unpaired) electrons. The number of nitrogens with one attached hydrogen (secondary N) is 1. The molecule has 0 saturated heterocycles. The third-order valence-electron chi connectivity index (χ3n) is 3.76. The molecule has 1 unspecified atom stereocenters. The molecule has 5 nitrogen and oxygen atoms in total. The lowest BCUT2D eigenvalue weighted by Crippen LogP contribution is -2.15. The Morgan fingerprint density at radius 1 is 1.38 bits per heavy atom. The van der Waals surface area contributed by atoms with Gasteiger partial charge in [0.2, 0.25) is 0 Å². The number of carboxylic acids is 1. The maximum Gasteiger partial charge on any atom is 0.335 e. The zero-order chi connectivity index (χ0) is 15.4. The predicted octanol–water partition coefficient (Wildman–Crippen LogP) is 2.99. The number of rotatable bonds is 6. The molecule has 0 aliphatic heterocycles. The molecule has 0 aliphatic rings. The van der Waals surface area contributed by atoms with Crippen LogP contribution >= 0.6 is 0 Å². The van der Waals surface area contributed by atoms with Gasteiger partial charge in [0.25, 0.3) is 5.56 Å². The molecule has 112 valence electrons. The van der Waals surface area contributed by atoms with Gasteiger partial charge < -0.3 is 10.1 Å². The normalized spacial score (nSPS) is 12.5. The number of aromatic amines is 1. The van der Waals surface area contributed by atoms with Crippen molar-refractivity contribution in [1.29, 1.82) is 0 Å². The molecule has 0 spiro atoms. The average Bonchev–Trinajstić information content (AvgIpc) is 2.46. The summed E-state index contributed by atoms with van der Waals surface area (Å²) in [6.07, 6.45) is 4.01. The summed E-state index contributed by atoms with van der Waals surface area (Å²) in [7, 11) is 0. The second-order valence-corrected chi connectivity index (χ2v) is 5.32. The van der Waals surface area contributed by atoms with E-state index in [9.17, 15) is 9.59 Å². The van der Waals surface area contributed by atoms with E-state index in [0.717, 1.165) is 25.7 Å². The van der Waals surface area contributed by atoms with Crippen molar-refractivity contribution in [2.24, 2.45) is 5.92 Å². The molecule has 0 bridgehead atoms. The highest BCUT2D eigenvalue weighted by molar-refractivity contribution is 5.92. The van der Waals surface area contributed by atoms with Crippen molar-refractivity contribution < 1.29 is 9.90 Å². The Bertz CT molecular complexity index is 706. The van der Waals surface area contributed by atoms with E-state index in [-0.39, 0.29) is 11.1 Å². The van der Waals surface area contributed by atoms with Crippen LogP contribution in [-0.4, -0.2) is 21.0 Å². The molecule has 1 aromatic heterocycles. The molecule has 0 saturated carbocycles. The van der Waals surface area contributed by atoms with Crippen molar-refractivity contribution in [3.8, 4) is 0 Å². The molecular weight excluding hydrogens is 268 g/mol. The summed E-state index contributed by atoms with van der Waals surface area (Å²) in [4.78, 5) is 30.3. The van der Waals surface area contributed by atoms with Gasteiger partial charge in [-0.2, -0.15) is 0 Å². The molecule has 2 rings (SSSR count). The fourth-order valence-corrected chi connectivity index (χ4v) is 2.55. The molecule has 0 amide bonds. The number of benzene rings is 1. The van der Waals surface area contributed by atoms with Gasteiger partial charge in [0, 0.05) is 6.42 Å². The minimum absolute atomic E-state index is 0.0972. The van der Waals surface area contributed by atoms with Gasteiger partial charge in [-0.1, -0.05) is 33.1 Å². The van der Waals surface area contributed by atoms with Crippen LogP contribution in [0.15, 0.2) is 23.0 Å². The highest BCUT2D eigenvalue weighted by Gasteiger charge is 2.12. The van der Waals surface area contributed by atoms with Crippen LogP contribution in [0.1, 0.15) is 49.3 Å². The van der Waals surface area contributed by atoms with E-state index in [1.807, 2.05) is 0 Å². The summed E-state index contributed by atoms with van der Waals surface area (Å²) in [6, 6.07) is 4.44. The second-order valence-electron chi connectivity index (χ2n) is 5.32. The van der Waals surface area contributed by atoms with Gasteiger partial charge in [-0.05, 0) is 24.1 Å². The first-order valence-corrected chi connectivity index (χ1v) is 7.31. The summed E-state index contributed by atoms with van der Waals surface area (Å²) in [6.45, 7) is 4.28. The first kappa shape index (κ1) is 15.2. The van der Waals surface area contributed by atoms with Crippen molar-refractivity contribution in [3.05, 3.63) is 39.9 Å². The Morgan fingerprint density at radius 2 is 2.14 bits per heavy atom. The van der Waals surface area contributed by atoms with Gasteiger partial charge in [-0.3, -0.25) is 4.79 Å². The quantitative estimate of drug-likeness (QED) is 0.856. The predicted molar refractivity (Wildman–Crippen MR) is 81.7 cm³/mol. The Balaban J connectivity index is 2.39. The van der Waals surface area contributed by atoms with Crippen molar-refractivity contribution in [3.63, 3.8) is 0 Å². The molecule has 5 heteroatoms. The van der Waals surface area contributed by atoms with Crippen LogP contribution in [0.3, 0.4) is 0 Å². The monoisotopic (exact) mass is 288 g/mol. The lowest BCUT2D eigenvalue weighted by atomic mass is 9.96. The fraction of sp³-hybridized carbons (Fsp3) is 0.438. The largest absolute Gasteiger partial charge is 0.478 e. The maximum absolute atomic E-state index is 12.1. The third kappa shape index (κ3) is 3.48. The molecule has 2 N–H and O–H groups in total. The first-order chi connectivity index (χ1) is 10.0. The summed E-state index contributed by atoms with van der Waals surface area (Å²) in [5, 5.41) is 9.29. The summed E-state index contributed by atoms with van der Waals surface area (Å²) in [5.41, 5.74) is 0.370. The SMILES string of the molecule is CCCC(CC)Cc1nc2ccc(C(=O)O)cc2c(=O)[nH]1. The number of carbonyl (C=O) groups is 1. The Hall–Kier alpha value is -2.17. The van der Waals surface area contributed by atoms with E-state index < -0.39 is 5.97 Å². The van der Waals surface area contributed by atoms with Crippen LogP contribution in [0.4, 0.5) is 0 Å². The van der Waals surface area contributed by atoms with Crippen molar-refractivity contribution in [1.82, 2.24) is 9.97 Å². The molecule has 0 aliphatic carbocycles. The smallest absolute Gasteiger partial charge is 0.335 e. The summed E-state index contributed by atoms with van der Waals surface area (Å²) in [5.74, 6) is 0.138. The van der Waals surface area contributed by atoms with E-state index in [4.69, 9.17) is 5.11 Å². The van der Waals surface area contributed by atoms with Gasteiger partial charge in [0.15, 0.2) is 0 Å². The zero-order valence-electron chi connectivity index (χ0n) is 12.3. The fourth-order valence-electron chi connectivity index (χ4n) is 2.55. The average molecular weight is 288 g/mol. The maximum atomic E-state index is 12.1. The second kappa shape index (κ2) is 6.52. The third-order valence-corrected chi connectivity index (χ3v) is 3.76. The van der Waals surface area contributed by atoms with Crippen LogP contribution in [0.25, 0.3) is 10.9 Å². The van der Waals surface area contributed by atoms with Crippen LogP contribution in [-0.2, 0) is 6.42 Å². The number of hydrogen-bond donors (Lipinski definition) is 2. The van der Waals surface area contributed by atoms with Gasteiger partial charge >= 0.3 is 5.97 Å². The van der Waals surface area contributed by atoms with Crippen molar-refractivity contribution >= 4 is 16.9 Å². The summed E-state index contributed by atoms with van der Waals surface area (Å²) >= 11 is 0. The molecule has 1 aromatic carbocycles. The number of nitrogens with zero attached hydrogens (tertiary/aromatic N) is 1. The Labute approximate surface area is 123 Å². The highest BCUT2D eigenvalue weighted by Crippen LogP contribution is 2.16. The molecular formula is C16H20N2O3. The minimum atomic E-state index is -1.05. The van der Waals surface area contributed by atoms with E-state index in [1.54, 1.807) is 6.07 Å². The molecule has 1 heterocycles. The van der Waals surface area contributed by atoms with Gasteiger partial charge in [-0.15, -0.1) is 0 Å². The lowest BCUT2D eigenvalue weighted by Gasteiger charge is -2.13. The number of carboxylic acid groups (broad SMARTS) is 1. The van der Waals surface area contributed by atoms with Gasteiger partial charge in [-0.25, -0.2) is 9.78 Å². The van der Waals surface area contributed by atoms with E-state index in [1.165, 1.54) is 12.1 Å². The number of hydrogen-bond acceptors (Lipinski definition) is 3. The molecule has 1 atom stereocenters. The zero-order valence-corrected chi connectivity index (χ0v) is 12.3. The van der Waals surface area contributed by atoms with Gasteiger partial charge in [0.05, 0.1) is 16.5 Å². The minimum Gasteiger partial charge on any atom is -0.478 e. The van der Waals surface area contributed by atoms with Crippen LogP contribution in [0.5, 0.6) is 0 Å². The van der Waals surface area contributed by atoms with Crippen LogP contribution in [0, 0.1) is 5.92 Å². The van der Waals surface area contributed by atoms with Crippen LogP contribution < -0.4 is 5.56 Å². The van der Waals surface area contributed by atoms with E-state index in [0.29, 0.717) is 22.6 Å². The van der Waals surface area contributed by atoms with Crippen molar-refractivity contribution in [2.45, 2.75) is 39.5 Å². The van der Waals surface area contributed by atoms with E-state index >= 15 is 0 Å². The number of H-pyrrole nitrogens is 1. The Morgan fingerprint density at radius 3 is 2.76 bits per heavy atom. The molecule has 0 fully saturated rings. The van der Waals surface area contributed by atoms with E-state index in [2.05, 4.69) is 23.8 Å². The van der Waals surface area contributed by atoms with Crippen molar-refractivity contribution in [2.75, 3.05) is 0 Å². The standard InChI is InChI=1S/C16H20N2O3/c1-3-5-10(4-2)8-14-17-13-7-6-11(16(20)21)9-12(13)15(19)18-14/h6-7,9-10H,3-5,8H2,1-2H3,(H,20,21)(H,17,18,19). The first-order valence-electron chi connectivity index (χ1n) is 7.31.